The lowest BCUT2D eigenvalue weighted by atomic mass is 10.1. The Morgan fingerprint density at radius 2 is 1.79 bits per heavy atom. The molecule has 0 saturated heterocycles. The van der Waals surface area contributed by atoms with Crippen LogP contribution in [-0.2, 0) is 6.54 Å². The summed E-state index contributed by atoms with van der Waals surface area (Å²) in [7, 11) is 0. The molecule has 0 unspecified atom stereocenters. The fourth-order valence-electron chi connectivity index (χ4n) is 4.02. The Kier molecular flexibility index (Phi) is 5.82. The van der Waals surface area contributed by atoms with Crippen molar-refractivity contribution in [3.05, 3.63) is 107 Å². The Labute approximate surface area is 202 Å². The van der Waals surface area contributed by atoms with Gasteiger partial charge >= 0.3 is 0 Å². The van der Waals surface area contributed by atoms with Gasteiger partial charge in [-0.25, -0.2) is 9.67 Å². The lowest BCUT2D eigenvalue weighted by Crippen LogP contribution is -2.14. The molecule has 1 amide bonds. The largest absolute Gasteiger partial charge is 0.320 e. The second-order valence-corrected chi connectivity index (χ2v) is 8.62. The van der Waals surface area contributed by atoms with E-state index in [0.717, 1.165) is 22.3 Å². The third-order valence-corrected chi connectivity index (χ3v) is 5.97. The van der Waals surface area contributed by atoms with Crippen LogP contribution in [0, 0.1) is 13.8 Å². The molecule has 3 heterocycles. The van der Waals surface area contributed by atoms with Crippen LogP contribution in [0.4, 0.5) is 5.69 Å². The topological polar surface area (TPSA) is 72.7 Å². The minimum atomic E-state index is -0.262. The second kappa shape index (κ2) is 9.08. The maximum Gasteiger partial charge on any atom is 0.256 e. The first-order chi connectivity index (χ1) is 16.5. The van der Waals surface area contributed by atoms with Gasteiger partial charge in [0.2, 0.25) is 0 Å². The zero-order chi connectivity index (χ0) is 23.7. The van der Waals surface area contributed by atoms with Crippen molar-refractivity contribution < 1.29 is 4.79 Å². The first-order valence-corrected chi connectivity index (χ1v) is 11.3. The fourth-order valence-corrected chi connectivity index (χ4v) is 4.39. The van der Waals surface area contributed by atoms with Gasteiger partial charge < -0.3 is 5.32 Å². The zero-order valence-electron chi connectivity index (χ0n) is 18.8. The predicted octanol–water partition coefficient (Wildman–Crippen LogP) is 6.06. The molecule has 0 saturated carbocycles. The number of aryl methyl sites for hydroxylation is 2. The average Bonchev–Trinajstić information content (AvgIpc) is 3.24. The Morgan fingerprint density at radius 3 is 2.53 bits per heavy atom. The van der Waals surface area contributed by atoms with E-state index in [9.17, 15) is 4.79 Å². The Balaban J connectivity index is 1.62. The van der Waals surface area contributed by atoms with Crippen molar-refractivity contribution in [2.75, 3.05) is 5.32 Å². The molecule has 0 spiro atoms. The number of nitrogens with zero attached hydrogens (tertiary/aromatic N) is 4. The highest BCUT2D eigenvalue weighted by molar-refractivity contribution is 6.34. The molecule has 0 aliphatic carbocycles. The number of aromatic nitrogens is 4. The van der Waals surface area contributed by atoms with E-state index in [1.54, 1.807) is 23.3 Å². The number of nitrogens with one attached hydrogen (secondary N) is 1. The number of pyridine rings is 2. The Hall–Kier alpha value is -4.03. The molecule has 7 heteroatoms. The van der Waals surface area contributed by atoms with Crippen LogP contribution in [0.1, 0.15) is 27.0 Å². The summed E-state index contributed by atoms with van der Waals surface area (Å²) in [4.78, 5) is 22.5. The number of carbonyl (C=O) groups excluding carboxylic acids is 1. The van der Waals surface area contributed by atoms with Crippen molar-refractivity contribution in [2.24, 2.45) is 0 Å². The summed E-state index contributed by atoms with van der Waals surface area (Å²) in [5.41, 5.74) is 6.32. The van der Waals surface area contributed by atoms with Crippen LogP contribution < -0.4 is 5.32 Å². The summed E-state index contributed by atoms with van der Waals surface area (Å²) in [6.45, 7) is 4.42. The molecule has 6 nitrogen and oxygen atoms in total. The van der Waals surface area contributed by atoms with Gasteiger partial charge in [0.05, 0.1) is 40.1 Å². The van der Waals surface area contributed by atoms with Gasteiger partial charge in [-0.3, -0.25) is 9.78 Å². The van der Waals surface area contributed by atoms with E-state index in [0.29, 0.717) is 39.5 Å². The fraction of sp³-hybridized carbons (Fsp3) is 0.111. The van der Waals surface area contributed by atoms with Gasteiger partial charge in [0.25, 0.3) is 5.91 Å². The Bertz CT molecular complexity index is 1470. The standard InChI is InChI=1S/C27H22ClN5O/c1-17-12-18(2)25(23(28)13-17)32-27(34)21-14-24(20-6-4-3-5-7-20)31-26-22(21)15-30-33(26)16-19-8-10-29-11-9-19/h3-15H,16H2,1-2H3,(H,32,34). The quantitative estimate of drug-likeness (QED) is 0.340. The van der Waals surface area contributed by atoms with Crippen molar-refractivity contribution in [1.29, 1.82) is 0 Å². The second-order valence-electron chi connectivity index (χ2n) is 8.21. The molecule has 34 heavy (non-hydrogen) atoms. The predicted molar refractivity (Wildman–Crippen MR) is 135 cm³/mol. The molecule has 1 N–H and O–H groups in total. The molecule has 0 atom stereocenters. The highest BCUT2D eigenvalue weighted by Crippen LogP contribution is 2.30. The minimum Gasteiger partial charge on any atom is -0.320 e. The number of hydrogen-bond donors (Lipinski definition) is 1. The van der Waals surface area contributed by atoms with Gasteiger partial charge in [-0.05, 0) is 54.8 Å². The molecule has 0 radical (unpaired) electrons. The average molecular weight is 468 g/mol. The molecule has 0 fully saturated rings. The van der Waals surface area contributed by atoms with E-state index in [4.69, 9.17) is 16.6 Å². The SMILES string of the molecule is Cc1cc(C)c(NC(=O)c2cc(-c3ccccc3)nc3c2cnn3Cc2ccncc2)c(Cl)c1. The minimum absolute atomic E-state index is 0.262. The normalized spacial score (nSPS) is 11.0. The van der Waals surface area contributed by atoms with E-state index in [1.807, 2.05) is 74.5 Å². The number of anilines is 1. The van der Waals surface area contributed by atoms with E-state index in [-0.39, 0.29) is 5.91 Å². The maximum absolute atomic E-state index is 13.5. The van der Waals surface area contributed by atoms with Crippen LogP contribution in [-0.4, -0.2) is 25.7 Å². The molecule has 5 aromatic rings. The summed E-state index contributed by atoms with van der Waals surface area (Å²) in [6.07, 6.45) is 5.18. The lowest BCUT2D eigenvalue weighted by Gasteiger charge is -2.13. The van der Waals surface area contributed by atoms with E-state index in [1.165, 1.54) is 0 Å². The van der Waals surface area contributed by atoms with Crippen molar-refractivity contribution in [2.45, 2.75) is 20.4 Å². The summed E-state index contributed by atoms with van der Waals surface area (Å²) in [6, 6.07) is 19.3. The van der Waals surface area contributed by atoms with Gasteiger partial charge in [0.1, 0.15) is 0 Å². The van der Waals surface area contributed by atoms with Crippen molar-refractivity contribution in [3.63, 3.8) is 0 Å². The number of benzene rings is 2. The summed E-state index contributed by atoms with van der Waals surface area (Å²) in [5.74, 6) is -0.262. The summed E-state index contributed by atoms with van der Waals surface area (Å²) >= 11 is 6.46. The van der Waals surface area contributed by atoms with Crippen LogP contribution in [0.5, 0.6) is 0 Å². The molecular formula is C27H22ClN5O. The molecule has 2 aromatic carbocycles. The number of rotatable bonds is 5. The number of halogens is 1. The molecule has 168 valence electrons. The molecular weight excluding hydrogens is 446 g/mol. The number of hydrogen-bond acceptors (Lipinski definition) is 4. The molecule has 3 aromatic heterocycles. The molecule has 5 rings (SSSR count). The lowest BCUT2D eigenvalue weighted by molar-refractivity contribution is 0.102. The van der Waals surface area contributed by atoms with E-state index >= 15 is 0 Å². The van der Waals surface area contributed by atoms with E-state index < -0.39 is 0 Å². The first-order valence-electron chi connectivity index (χ1n) is 10.9. The summed E-state index contributed by atoms with van der Waals surface area (Å²) in [5, 5.41) is 8.74. The third kappa shape index (κ3) is 4.28. The third-order valence-electron chi connectivity index (χ3n) is 5.68. The van der Waals surface area contributed by atoms with Crippen LogP contribution in [0.15, 0.2) is 79.3 Å². The first kappa shape index (κ1) is 21.8. The van der Waals surface area contributed by atoms with Crippen molar-refractivity contribution >= 4 is 34.2 Å². The number of carbonyl (C=O) groups is 1. The summed E-state index contributed by atoms with van der Waals surface area (Å²) < 4.78 is 1.80. The maximum atomic E-state index is 13.5. The van der Waals surface area contributed by atoms with Crippen molar-refractivity contribution in [1.82, 2.24) is 19.7 Å². The van der Waals surface area contributed by atoms with Crippen LogP contribution in [0.3, 0.4) is 0 Å². The van der Waals surface area contributed by atoms with Gasteiger partial charge in [-0.2, -0.15) is 5.10 Å². The number of amides is 1. The van der Waals surface area contributed by atoms with Crippen LogP contribution in [0.2, 0.25) is 5.02 Å². The smallest absolute Gasteiger partial charge is 0.256 e. The van der Waals surface area contributed by atoms with Crippen LogP contribution >= 0.6 is 11.6 Å². The van der Waals surface area contributed by atoms with Gasteiger partial charge in [-0.1, -0.05) is 48.0 Å². The highest BCUT2D eigenvalue weighted by atomic mass is 35.5. The number of fused-ring (bicyclic) bond motifs is 1. The van der Waals surface area contributed by atoms with Crippen LogP contribution in [0.25, 0.3) is 22.3 Å². The van der Waals surface area contributed by atoms with Gasteiger partial charge in [0.15, 0.2) is 5.65 Å². The molecule has 0 aliphatic rings. The zero-order valence-corrected chi connectivity index (χ0v) is 19.5. The van der Waals surface area contributed by atoms with Gasteiger partial charge in [-0.15, -0.1) is 0 Å². The molecule has 0 bridgehead atoms. The highest BCUT2D eigenvalue weighted by Gasteiger charge is 2.19. The molecule has 0 aliphatic heterocycles. The van der Waals surface area contributed by atoms with Gasteiger partial charge in [0, 0.05) is 18.0 Å². The van der Waals surface area contributed by atoms with Crippen molar-refractivity contribution in [3.8, 4) is 11.3 Å². The monoisotopic (exact) mass is 467 g/mol. The van der Waals surface area contributed by atoms with E-state index in [2.05, 4.69) is 15.4 Å². The Morgan fingerprint density at radius 1 is 1.03 bits per heavy atom.